The lowest BCUT2D eigenvalue weighted by atomic mass is 10.3. The highest BCUT2D eigenvalue weighted by Gasteiger charge is 2.24. The zero-order chi connectivity index (χ0) is 12.9. The van der Waals surface area contributed by atoms with Gasteiger partial charge in [-0.25, -0.2) is 9.59 Å². The first-order valence-electron chi connectivity index (χ1n) is 5.16. The lowest BCUT2D eigenvalue weighted by Crippen LogP contribution is -2.34. The second-order valence-electron chi connectivity index (χ2n) is 3.85. The first kappa shape index (κ1) is 10.5. The Morgan fingerprint density at radius 2 is 2.22 bits per heavy atom. The molecule has 3 rings (SSSR count). The molecule has 0 fully saturated rings. The number of nitrogens with one attached hydrogen (secondary N) is 1. The zero-order valence-electron chi connectivity index (χ0n) is 9.34. The SMILES string of the molecule is CC(=O)On1c(=O)n2c3c(cncc31)NC(=O)C2. The van der Waals surface area contributed by atoms with Gasteiger partial charge in [-0.2, -0.15) is 0 Å². The molecule has 1 aliphatic rings. The molecule has 0 spiro atoms. The van der Waals surface area contributed by atoms with Gasteiger partial charge < -0.3 is 10.2 Å². The van der Waals surface area contributed by atoms with Crippen LogP contribution in [0.4, 0.5) is 5.69 Å². The fourth-order valence-corrected chi connectivity index (χ4v) is 1.97. The number of hydrogen-bond donors (Lipinski definition) is 1. The number of nitrogens with zero attached hydrogens (tertiary/aromatic N) is 3. The zero-order valence-corrected chi connectivity index (χ0v) is 9.34. The third kappa shape index (κ3) is 1.32. The first-order valence-corrected chi connectivity index (χ1v) is 5.16. The maximum atomic E-state index is 12.0. The number of rotatable bonds is 1. The molecule has 0 atom stereocenters. The van der Waals surface area contributed by atoms with Crippen molar-refractivity contribution in [2.24, 2.45) is 0 Å². The topological polar surface area (TPSA) is 95.2 Å². The van der Waals surface area contributed by atoms with Crippen LogP contribution in [0.25, 0.3) is 11.0 Å². The summed E-state index contributed by atoms with van der Waals surface area (Å²) in [7, 11) is 0. The Hall–Kier alpha value is -2.64. The summed E-state index contributed by atoms with van der Waals surface area (Å²) in [5.41, 5.74) is 0.680. The van der Waals surface area contributed by atoms with Gasteiger partial charge in [0.15, 0.2) is 0 Å². The van der Waals surface area contributed by atoms with Crippen LogP contribution in [0.5, 0.6) is 0 Å². The van der Waals surface area contributed by atoms with E-state index in [0.29, 0.717) is 16.7 Å². The van der Waals surface area contributed by atoms with Gasteiger partial charge in [0.1, 0.15) is 17.6 Å². The minimum Gasteiger partial charge on any atom is -0.332 e. The molecular formula is C10H8N4O4. The molecule has 0 aliphatic carbocycles. The van der Waals surface area contributed by atoms with Gasteiger partial charge >= 0.3 is 11.7 Å². The molecule has 0 saturated carbocycles. The standard InChI is InChI=1S/C10H8N4O4/c1-5(15)18-14-7-3-11-2-6-9(7)13(10(14)17)4-8(16)12-6/h2-3H,4H2,1H3,(H,12,16). The molecule has 0 radical (unpaired) electrons. The van der Waals surface area contributed by atoms with Crippen LogP contribution >= 0.6 is 0 Å². The summed E-state index contributed by atoms with van der Waals surface area (Å²) in [5.74, 6) is -0.945. The molecule has 1 N–H and O–H groups in total. The number of pyridine rings is 1. The summed E-state index contributed by atoms with van der Waals surface area (Å²) >= 11 is 0. The Bertz CT molecular complexity index is 742. The van der Waals surface area contributed by atoms with Crippen LogP contribution in [0, 0.1) is 0 Å². The van der Waals surface area contributed by atoms with Crippen LogP contribution in [0.1, 0.15) is 6.92 Å². The number of hydrogen-bond acceptors (Lipinski definition) is 5. The number of carbonyl (C=O) groups excluding carboxylic acids is 2. The Kier molecular flexibility index (Phi) is 2.00. The van der Waals surface area contributed by atoms with Crippen LogP contribution in [0.3, 0.4) is 0 Å². The molecule has 0 aromatic carbocycles. The normalized spacial score (nSPS) is 13.5. The van der Waals surface area contributed by atoms with E-state index in [9.17, 15) is 14.4 Å². The predicted molar refractivity (Wildman–Crippen MR) is 59.9 cm³/mol. The van der Waals surface area contributed by atoms with Crippen molar-refractivity contribution in [1.82, 2.24) is 14.3 Å². The summed E-state index contributed by atoms with van der Waals surface area (Å²) in [5, 5.41) is 2.60. The highest BCUT2D eigenvalue weighted by Crippen LogP contribution is 2.23. The van der Waals surface area contributed by atoms with Crippen molar-refractivity contribution in [2.75, 3.05) is 5.32 Å². The number of amides is 1. The largest absolute Gasteiger partial charge is 0.363 e. The van der Waals surface area contributed by atoms with Crippen molar-refractivity contribution in [3.05, 3.63) is 22.9 Å². The van der Waals surface area contributed by atoms with Crippen LogP contribution in [-0.2, 0) is 16.1 Å². The Balaban J connectivity index is 2.38. The van der Waals surface area contributed by atoms with E-state index < -0.39 is 11.7 Å². The molecule has 3 heterocycles. The molecule has 0 saturated heterocycles. The van der Waals surface area contributed by atoms with E-state index in [2.05, 4.69) is 10.3 Å². The van der Waals surface area contributed by atoms with Crippen molar-refractivity contribution in [2.45, 2.75) is 13.5 Å². The minimum atomic E-state index is -0.625. The van der Waals surface area contributed by atoms with Gasteiger partial charge in [-0.05, 0) is 0 Å². The van der Waals surface area contributed by atoms with E-state index >= 15 is 0 Å². The van der Waals surface area contributed by atoms with E-state index in [1.54, 1.807) is 0 Å². The van der Waals surface area contributed by atoms with Gasteiger partial charge in [0.25, 0.3) is 0 Å². The summed E-state index contributed by atoms with van der Waals surface area (Å²) in [6.07, 6.45) is 2.84. The van der Waals surface area contributed by atoms with Crippen LogP contribution in [-0.4, -0.2) is 26.2 Å². The lowest BCUT2D eigenvalue weighted by Gasteiger charge is -2.13. The van der Waals surface area contributed by atoms with Crippen molar-refractivity contribution in [1.29, 1.82) is 0 Å². The highest BCUT2D eigenvalue weighted by molar-refractivity contribution is 6.02. The Morgan fingerprint density at radius 3 is 2.94 bits per heavy atom. The van der Waals surface area contributed by atoms with E-state index in [-0.39, 0.29) is 12.5 Å². The van der Waals surface area contributed by atoms with Crippen molar-refractivity contribution < 1.29 is 14.4 Å². The molecule has 0 bridgehead atoms. The summed E-state index contributed by atoms with van der Waals surface area (Å²) < 4.78 is 2.09. The molecule has 8 nitrogen and oxygen atoms in total. The van der Waals surface area contributed by atoms with E-state index in [1.807, 2.05) is 0 Å². The molecule has 18 heavy (non-hydrogen) atoms. The average Bonchev–Trinajstić information content (AvgIpc) is 2.56. The van der Waals surface area contributed by atoms with Gasteiger partial charge in [-0.1, -0.05) is 0 Å². The molecule has 8 heteroatoms. The third-order valence-corrected chi connectivity index (χ3v) is 2.59. The van der Waals surface area contributed by atoms with Gasteiger partial charge in [0, 0.05) is 6.92 Å². The van der Waals surface area contributed by atoms with Gasteiger partial charge in [-0.15, -0.1) is 4.73 Å². The Morgan fingerprint density at radius 1 is 1.44 bits per heavy atom. The number of imidazole rings is 1. The maximum absolute atomic E-state index is 12.0. The molecule has 1 aliphatic heterocycles. The van der Waals surface area contributed by atoms with Crippen LogP contribution < -0.4 is 15.8 Å². The molecule has 1 amide bonds. The number of aromatic nitrogens is 3. The van der Waals surface area contributed by atoms with Crippen molar-refractivity contribution in [3.63, 3.8) is 0 Å². The summed E-state index contributed by atoms with van der Waals surface area (Å²) in [6.45, 7) is 1.08. The molecule has 92 valence electrons. The molecular weight excluding hydrogens is 240 g/mol. The minimum absolute atomic E-state index is 0.111. The highest BCUT2D eigenvalue weighted by atomic mass is 16.7. The van der Waals surface area contributed by atoms with Crippen LogP contribution in [0.2, 0.25) is 0 Å². The van der Waals surface area contributed by atoms with Gasteiger partial charge in [-0.3, -0.25) is 14.3 Å². The fraction of sp³-hybridized carbons (Fsp3) is 0.200. The molecule has 2 aromatic heterocycles. The second kappa shape index (κ2) is 3.42. The Labute approximate surface area is 99.7 Å². The third-order valence-electron chi connectivity index (χ3n) is 2.59. The fourth-order valence-electron chi connectivity index (χ4n) is 1.97. The number of carbonyl (C=O) groups is 2. The van der Waals surface area contributed by atoms with Crippen molar-refractivity contribution >= 4 is 28.6 Å². The lowest BCUT2D eigenvalue weighted by molar-refractivity contribution is -0.141. The monoisotopic (exact) mass is 248 g/mol. The smallest absolute Gasteiger partial charge is 0.332 e. The molecule has 2 aromatic rings. The maximum Gasteiger partial charge on any atom is 0.363 e. The summed E-state index contributed by atoms with van der Waals surface area (Å²) in [4.78, 5) is 43.2. The first-order chi connectivity index (χ1) is 8.58. The van der Waals surface area contributed by atoms with E-state index in [4.69, 9.17) is 4.84 Å². The van der Waals surface area contributed by atoms with E-state index in [1.165, 1.54) is 23.9 Å². The van der Waals surface area contributed by atoms with Gasteiger partial charge in [0.05, 0.1) is 18.1 Å². The summed E-state index contributed by atoms with van der Waals surface area (Å²) in [6, 6.07) is 0. The average molecular weight is 248 g/mol. The quantitative estimate of drug-likeness (QED) is 0.707. The van der Waals surface area contributed by atoms with E-state index in [0.717, 1.165) is 4.73 Å². The van der Waals surface area contributed by atoms with Gasteiger partial charge in [0.2, 0.25) is 5.91 Å². The van der Waals surface area contributed by atoms with Crippen molar-refractivity contribution in [3.8, 4) is 0 Å². The number of anilines is 1. The molecule has 0 unspecified atom stereocenters. The predicted octanol–water partition coefficient (Wildman–Crippen LogP) is -0.875. The van der Waals surface area contributed by atoms with Crippen LogP contribution in [0.15, 0.2) is 17.2 Å². The second-order valence-corrected chi connectivity index (χ2v) is 3.85.